The van der Waals surface area contributed by atoms with Crippen LogP contribution >= 0.6 is 0 Å². The van der Waals surface area contributed by atoms with E-state index < -0.39 is 5.60 Å². The first-order valence-electron chi connectivity index (χ1n) is 7.40. The van der Waals surface area contributed by atoms with Crippen LogP contribution in [0.3, 0.4) is 0 Å². The lowest BCUT2D eigenvalue weighted by atomic mass is 9.82. The Hall–Kier alpha value is -1.16. The summed E-state index contributed by atoms with van der Waals surface area (Å²) in [5, 5.41) is 10.4. The van der Waals surface area contributed by atoms with Gasteiger partial charge in [-0.1, -0.05) is 20.3 Å². The van der Waals surface area contributed by atoms with E-state index in [0.717, 1.165) is 18.7 Å². The van der Waals surface area contributed by atoms with Crippen molar-refractivity contribution in [1.29, 1.82) is 0 Å². The third kappa shape index (κ3) is 2.22. The van der Waals surface area contributed by atoms with E-state index in [1.165, 1.54) is 30.5 Å². The van der Waals surface area contributed by atoms with Crippen LogP contribution < -0.4 is 4.90 Å². The quantitative estimate of drug-likeness (QED) is 0.827. The summed E-state index contributed by atoms with van der Waals surface area (Å²) in [4.78, 5) is 11.2. The van der Waals surface area contributed by atoms with Gasteiger partial charge in [0.1, 0.15) is 17.7 Å². The van der Waals surface area contributed by atoms with Crippen molar-refractivity contribution in [2.45, 2.75) is 51.6 Å². The van der Waals surface area contributed by atoms with Crippen molar-refractivity contribution in [3.05, 3.63) is 17.6 Å². The Balaban J connectivity index is 1.83. The van der Waals surface area contributed by atoms with Gasteiger partial charge in [0, 0.05) is 11.3 Å². The number of anilines is 1. The molecule has 4 heteroatoms. The molecule has 1 aromatic heterocycles. The van der Waals surface area contributed by atoms with Crippen LogP contribution in [0.25, 0.3) is 0 Å². The Morgan fingerprint density at radius 1 is 1.16 bits per heavy atom. The molecule has 1 aromatic rings. The lowest BCUT2D eigenvalue weighted by molar-refractivity contribution is -0.0305. The maximum Gasteiger partial charge on any atom is 0.135 e. The van der Waals surface area contributed by atoms with Crippen LogP contribution in [0, 0.1) is 5.92 Å². The Labute approximate surface area is 114 Å². The zero-order valence-electron chi connectivity index (χ0n) is 11.9. The van der Waals surface area contributed by atoms with Crippen molar-refractivity contribution in [2.75, 3.05) is 18.0 Å². The van der Waals surface area contributed by atoms with E-state index in [1.807, 2.05) is 0 Å². The number of hydrogen-bond acceptors (Lipinski definition) is 4. The van der Waals surface area contributed by atoms with Gasteiger partial charge in [-0.05, 0) is 31.6 Å². The van der Waals surface area contributed by atoms with Crippen LogP contribution in [0.2, 0.25) is 0 Å². The minimum Gasteiger partial charge on any atom is -0.386 e. The highest BCUT2D eigenvalue weighted by Crippen LogP contribution is 2.35. The molecule has 1 aliphatic heterocycles. The molecule has 1 N–H and O–H groups in total. The van der Waals surface area contributed by atoms with Gasteiger partial charge in [-0.3, -0.25) is 0 Å². The summed E-state index contributed by atoms with van der Waals surface area (Å²) < 4.78 is 0. The van der Waals surface area contributed by atoms with Gasteiger partial charge in [0.05, 0.1) is 13.1 Å². The predicted molar refractivity (Wildman–Crippen MR) is 75.3 cm³/mol. The second-order valence-corrected chi connectivity index (χ2v) is 6.30. The molecule has 0 radical (unpaired) electrons. The molecule has 0 aromatic carbocycles. The maximum absolute atomic E-state index is 10.4. The normalized spacial score (nSPS) is 21.8. The Bertz CT molecular complexity index is 466. The average molecular weight is 261 g/mol. The van der Waals surface area contributed by atoms with Crippen molar-refractivity contribution < 1.29 is 5.11 Å². The summed E-state index contributed by atoms with van der Waals surface area (Å²) in [6.45, 7) is 5.57. The van der Waals surface area contributed by atoms with E-state index in [4.69, 9.17) is 0 Å². The minimum absolute atomic E-state index is 0.296. The number of fused-ring (bicyclic) bond motifs is 1. The number of aromatic nitrogens is 2. The number of aryl methyl sites for hydroxylation is 1. The lowest BCUT2D eigenvalue weighted by Crippen LogP contribution is -2.65. The van der Waals surface area contributed by atoms with Crippen molar-refractivity contribution in [2.24, 2.45) is 5.92 Å². The molecular weight excluding hydrogens is 238 g/mol. The summed E-state index contributed by atoms with van der Waals surface area (Å²) in [6, 6.07) is 0. The first-order valence-corrected chi connectivity index (χ1v) is 7.40. The van der Waals surface area contributed by atoms with Crippen molar-refractivity contribution in [3.8, 4) is 0 Å². The van der Waals surface area contributed by atoms with Crippen LogP contribution in [-0.2, 0) is 12.8 Å². The standard InChI is InChI=1S/C15H23N3O/c1-11(2)15(19)8-18(9-15)14-12-6-4-3-5-7-13(12)16-10-17-14/h10-11,19H,3-9H2,1-2H3. The topological polar surface area (TPSA) is 49.2 Å². The molecule has 1 saturated heterocycles. The number of nitrogens with zero attached hydrogens (tertiary/aromatic N) is 3. The van der Waals surface area contributed by atoms with Gasteiger partial charge < -0.3 is 10.0 Å². The summed E-state index contributed by atoms with van der Waals surface area (Å²) in [5.74, 6) is 1.36. The number of aliphatic hydroxyl groups is 1. The third-order valence-electron chi connectivity index (χ3n) is 4.66. The Morgan fingerprint density at radius 2 is 1.89 bits per heavy atom. The van der Waals surface area contributed by atoms with Gasteiger partial charge in [-0.15, -0.1) is 0 Å². The number of hydrogen-bond donors (Lipinski definition) is 1. The van der Waals surface area contributed by atoms with Crippen LogP contribution in [0.1, 0.15) is 44.4 Å². The number of β-amino-alcohol motifs (C(OH)–C–C–N with tert-alkyl or cyclic N) is 1. The lowest BCUT2D eigenvalue weighted by Gasteiger charge is -2.50. The minimum atomic E-state index is -0.539. The van der Waals surface area contributed by atoms with E-state index in [1.54, 1.807) is 6.33 Å². The molecule has 0 saturated carbocycles. The molecule has 3 rings (SSSR count). The van der Waals surface area contributed by atoms with Gasteiger partial charge in [-0.25, -0.2) is 9.97 Å². The molecule has 0 unspecified atom stereocenters. The van der Waals surface area contributed by atoms with E-state index in [9.17, 15) is 5.11 Å². The second-order valence-electron chi connectivity index (χ2n) is 6.30. The molecule has 4 nitrogen and oxygen atoms in total. The summed E-state index contributed by atoms with van der Waals surface area (Å²) in [7, 11) is 0. The predicted octanol–water partition coefficient (Wildman–Crippen LogP) is 1.95. The summed E-state index contributed by atoms with van der Waals surface area (Å²) >= 11 is 0. The molecule has 104 valence electrons. The zero-order chi connectivity index (χ0) is 13.5. The van der Waals surface area contributed by atoms with E-state index in [-0.39, 0.29) is 0 Å². The van der Waals surface area contributed by atoms with Crippen molar-refractivity contribution >= 4 is 5.82 Å². The first-order chi connectivity index (χ1) is 9.10. The molecule has 1 fully saturated rings. The van der Waals surface area contributed by atoms with Crippen LogP contribution in [-0.4, -0.2) is 33.8 Å². The SMILES string of the molecule is CC(C)C1(O)CN(c2ncnc3c2CCCCC3)C1. The fourth-order valence-electron chi connectivity index (χ4n) is 3.08. The molecular formula is C15H23N3O. The maximum atomic E-state index is 10.4. The van der Waals surface area contributed by atoms with E-state index in [2.05, 4.69) is 28.7 Å². The van der Waals surface area contributed by atoms with Gasteiger partial charge in [0.25, 0.3) is 0 Å². The largest absolute Gasteiger partial charge is 0.386 e. The molecule has 2 aliphatic rings. The molecule has 2 heterocycles. The monoisotopic (exact) mass is 261 g/mol. The van der Waals surface area contributed by atoms with Crippen LogP contribution in [0.15, 0.2) is 6.33 Å². The average Bonchev–Trinajstić information content (AvgIpc) is 2.59. The van der Waals surface area contributed by atoms with E-state index in [0.29, 0.717) is 19.0 Å². The molecule has 0 bridgehead atoms. The second kappa shape index (κ2) is 4.75. The summed E-state index contributed by atoms with van der Waals surface area (Å²) in [6.07, 6.45) is 7.60. The van der Waals surface area contributed by atoms with Gasteiger partial charge in [0.15, 0.2) is 0 Å². The van der Waals surface area contributed by atoms with Gasteiger partial charge in [0.2, 0.25) is 0 Å². The fourth-order valence-corrected chi connectivity index (χ4v) is 3.08. The van der Waals surface area contributed by atoms with E-state index >= 15 is 0 Å². The first kappa shape index (κ1) is 12.9. The smallest absolute Gasteiger partial charge is 0.135 e. The van der Waals surface area contributed by atoms with Gasteiger partial charge in [-0.2, -0.15) is 0 Å². The van der Waals surface area contributed by atoms with Crippen LogP contribution in [0.4, 0.5) is 5.82 Å². The van der Waals surface area contributed by atoms with Crippen molar-refractivity contribution in [1.82, 2.24) is 9.97 Å². The molecule has 1 aliphatic carbocycles. The highest BCUT2D eigenvalue weighted by atomic mass is 16.3. The zero-order valence-corrected chi connectivity index (χ0v) is 11.9. The van der Waals surface area contributed by atoms with Gasteiger partial charge >= 0.3 is 0 Å². The summed E-state index contributed by atoms with van der Waals surface area (Å²) in [5.41, 5.74) is 2.01. The third-order valence-corrected chi connectivity index (χ3v) is 4.66. The Kier molecular flexibility index (Phi) is 3.21. The number of rotatable bonds is 2. The highest BCUT2D eigenvalue weighted by Gasteiger charge is 2.45. The molecule has 19 heavy (non-hydrogen) atoms. The van der Waals surface area contributed by atoms with Crippen molar-refractivity contribution in [3.63, 3.8) is 0 Å². The molecule has 0 spiro atoms. The fraction of sp³-hybridized carbons (Fsp3) is 0.733. The molecule has 0 atom stereocenters. The highest BCUT2D eigenvalue weighted by molar-refractivity contribution is 5.52. The van der Waals surface area contributed by atoms with Crippen LogP contribution in [0.5, 0.6) is 0 Å². The molecule has 0 amide bonds. The Morgan fingerprint density at radius 3 is 2.63 bits per heavy atom.